The molecular weight excluding hydrogens is 190 g/mol. The fourth-order valence-corrected chi connectivity index (χ4v) is 2.65. The maximum Gasteiger partial charge on any atom is 0.138 e. The highest BCUT2D eigenvalue weighted by Crippen LogP contribution is 2.24. The van der Waals surface area contributed by atoms with E-state index in [9.17, 15) is 4.79 Å². The molecule has 2 heterocycles. The molecule has 3 unspecified atom stereocenters. The van der Waals surface area contributed by atoms with Gasteiger partial charge in [0.25, 0.3) is 0 Å². The molecule has 0 aromatic carbocycles. The summed E-state index contributed by atoms with van der Waals surface area (Å²) in [5.41, 5.74) is 0. The lowest BCUT2D eigenvalue weighted by molar-refractivity contribution is -0.126. The van der Waals surface area contributed by atoms with E-state index in [-0.39, 0.29) is 5.92 Å². The number of hydrogen-bond donors (Lipinski definition) is 0. The van der Waals surface area contributed by atoms with E-state index in [0.29, 0.717) is 17.7 Å². The van der Waals surface area contributed by atoms with Crippen molar-refractivity contribution < 1.29 is 9.53 Å². The minimum absolute atomic E-state index is 0.225. The fourth-order valence-electron chi connectivity index (χ4n) is 2.65. The van der Waals surface area contributed by atoms with Crippen LogP contribution in [-0.2, 0) is 9.53 Å². The summed E-state index contributed by atoms with van der Waals surface area (Å²) >= 11 is 0. The lowest BCUT2D eigenvalue weighted by atomic mass is 9.93. The number of hydrogen-bond acceptors (Lipinski definition) is 3. The highest BCUT2D eigenvalue weighted by molar-refractivity contribution is 5.81. The predicted molar refractivity (Wildman–Crippen MR) is 58.7 cm³/mol. The molecular formula is C12H21NO2. The van der Waals surface area contributed by atoms with Gasteiger partial charge >= 0.3 is 0 Å². The van der Waals surface area contributed by atoms with Crippen molar-refractivity contribution in [2.45, 2.75) is 32.7 Å². The van der Waals surface area contributed by atoms with Crippen molar-refractivity contribution in [1.82, 2.24) is 4.90 Å². The van der Waals surface area contributed by atoms with Crippen LogP contribution in [-0.4, -0.2) is 43.0 Å². The van der Waals surface area contributed by atoms with E-state index in [1.54, 1.807) is 0 Å². The molecule has 0 spiro atoms. The second-order valence-corrected chi connectivity index (χ2v) is 4.98. The third-order valence-corrected chi connectivity index (χ3v) is 3.93. The number of piperidine rings is 1. The zero-order valence-corrected chi connectivity index (χ0v) is 9.74. The van der Waals surface area contributed by atoms with Gasteiger partial charge in [0.15, 0.2) is 0 Å². The first-order chi connectivity index (χ1) is 7.18. The molecule has 0 aliphatic carbocycles. The molecule has 0 aromatic rings. The van der Waals surface area contributed by atoms with Gasteiger partial charge in [-0.05, 0) is 19.3 Å². The molecule has 2 rings (SSSR count). The quantitative estimate of drug-likeness (QED) is 0.690. The normalized spacial score (nSPS) is 35.7. The number of nitrogens with zero attached hydrogens (tertiary/aromatic N) is 1. The standard InChI is InChI=1S/C12H21NO2/c1-9-7-13(5-3-12(9)14)10(2)11-4-6-15-8-11/h9-11H,3-8H2,1-2H3. The molecule has 2 fully saturated rings. The molecule has 3 heteroatoms. The summed E-state index contributed by atoms with van der Waals surface area (Å²) in [6.45, 7) is 8.03. The number of likely N-dealkylation sites (tertiary alicyclic amines) is 1. The first-order valence-corrected chi connectivity index (χ1v) is 6.03. The molecule has 0 amide bonds. The summed E-state index contributed by atoms with van der Waals surface area (Å²) < 4.78 is 5.42. The molecule has 3 atom stereocenters. The molecule has 0 radical (unpaired) electrons. The SMILES string of the molecule is CC1CN(C(C)C2CCOC2)CCC1=O. The topological polar surface area (TPSA) is 29.5 Å². The van der Waals surface area contributed by atoms with E-state index in [0.717, 1.165) is 32.7 Å². The van der Waals surface area contributed by atoms with Gasteiger partial charge in [-0.1, -0.05) is 6.92 Å². The Morgan fingerprint density at radius 2 is 2.33 bits per heavy atom. The Hall–Kier alpha value is -0.410. The molecule has 0 saturated carbocycles. The summed E-state index contributed by atoms with van der Waals surface area (Å²) in [6.07, 6.45) is 1.92. The molecule has 2 aliphatic rings. The zero-order chi connectivity index (χ0) is 10.8. The summed E-state index contributed by atoms with van der Waals surface area (Å²) in [5.74, 6) is 1.33. The molecule has 0 bridgehead atoms. The van der Waals surface area contributed by atoms with Crippen LogP contribution in [0.25, 0.3) is 0 Å². The monoisotopic (exact) mass is 211 g/mol. The van der Waals surface area contributed by atoms with E-state index in [1.165, 1.54) is 6.42 Å². The van der Waals surface area contributed by atoms with E-state index in [1.807, 2.05) is 6.92 Å². The summed E-state index contributed by atoms with van der Waals surface area (Å²) in [5, 5.41) is 0. The van der Waals surface area contributed by atoms with Gasteiger partial charge in [-0.2, -0.15) is 0 Å². The van der Waals surface area contributed by atoms with E-state index in [4.69, 9.17) is 4.74 Å². The minimum atomic E-state index is 0.225. The fraction of sp³-hybridized carbons (Fsp3) is 0.917. The van der Waals surface area contributed by atoms with Gasteiger partial charge in [0, 0.05) is 38.1 Å². The Kier molecular flexibility index (Phi) is 3.42. The Bertz CT molecular complexity index is 236. The molecule has 15 heavy (non-hydrogen) atoms. The van der Waals surface area contributed by atoms with Gasteiger partial charge in [0.05, 0.1) is 6.61 Å². The number of ether oxygens (including phenoxy) is 1. The number of rotatable bonds is 2. The minimum Gasteiger partial charge on any atom is -0.381 e. The van der Waals surface area contributed by atoms with E-state index < -0.39 is 0 Å². The first-order valence-electron chi connectivity index (χ1n) is 6.03. The average Bonchev–Trinajstić information content (AvgIpc) is 2.74. The van der Waals surface area contributed by atoms with Crippen molar-refractivity contribution in [3.8, 4) is 0 Å². The molecule has 3 nitrogen and oxygen atoms in total. The Morgan fingerprint density at radius 3 is 2.93 bits per heavy atom. The summed E-state index contributed by atoms with van der Waals surface area (Å²) in [7, 11) is 0. The lowest BCUT2D eigenvalue weighted by Gasteiger charge is -2.37. The van der Waals surface area contributed by atoms with Gasteiger partial charge in [-0.25, -0.2) is 0 Å². The smallest absolute Gasteiger partial charge is 0.138 e. The highest BCUT2D eigenvalue weighted by atomic mass is 16.5. The van der Waals surface area contributed by atoms with Gasteiger partial charge < -0.3 is 4.74 Å². The van der Waals surface area contributed by atoms with Crippen molar-refractivity contribution in [2.24, 2.45) is 11.8 Å². The van der Waals surface area contributed by atoms with E-state index in [2.05, 4.69) is 11.8 Å². The second-order valence-electron chi connectivity index (χ2n) is 4.98. The average molecular weight is 211 g/mol. The van der Waals surface area contributed by atoms with Crippen molar-refractivity contribution in [2.75, 3.05) is 26.3 Å². The van der Waals surface area contributed by atoms with Crippen molar-refractivity contribution in [3.63, 3.8) is 0 Å². The first kappa shape index (κ1) is 11.1. The zero-order valence-electron chi connectivity index (χ0n) is 9.74. The number of ketones is 1. The molecule has 0 aromatic heterocycles. The van der Waals surface area contributed by atoms with Gasteiger partial charge in [-0.3, -0.25) is 9.69 Å². The van der Waals surface area contributed by atoms with Crippen LogP contribution in [0.1, 0.15) is 26.7 Å². The van der Waals surface area contributed by atoms with Crippen LogP contribution in [0.3, 0.4) is 0 Å². The van der Waals surface area contributed by atoms with Crippen LogP contribution in [0.5, 0.6) is 0 Å². The van der Waals surface area contributed by atoms with Crippen LogP contribution in [0.2, 0.25) is 0 Å². The van der Waals surface area contributed by atoms with Crippen molar-refractivity contribution in [1.29, 1.82) is 0 Å². The number of carbonyl (C=O) groups is 1. The van der Waals surface area contributed by atoms with Crippen molar-refractivity contribution in [3.05, 3.63) is 0 Å². The lowest BCUT2D eigenvalue weighted by Crippen LogP contribution is -2.47. The Labute approximate surface area is 91.8 Å². The van der Waals surface area contributed by atoms with Crippen molar-refractivity contribution >= 4 is 5.78 Å². The predicted octanol–water partition coefficient (Wildman–Crippen LogP) is 1.32. The van der Waals surface area contributed by atoms with Gasteiger partial charge in [-0.15, -0.1) is 0 Å². The van der Waals surface area contributed by atoms with Gasteiger partial charge in [0.2, 0.25) is 0 Å². The van der Waals surface area contributed by atoms with Crippen LogP contribution >= 0.6 is 0 Å². The Morgan fingerprint density at radius 1 is 1.53 bits per heavy atom. The number of Topliss-reactive ketones (excluding diaryl/α,β-unsaturated/α-hetero) is 1. The van der Waals surface area contributed by atoms with E-state index >= 15 is 0 Å². The largest absolute Gasteiger partial charge is 0.381 e. The summed E-state index contributed by atoms with van der Waals surface area (Å²) in [4.78, 5) is 13.9. The van der Waals surface area contributed by atoms with Crippen LogP contribution in [0, 0.1) is 11.8 Å². The van der Waals surface area contributed by atoms with Crippen LogP contribution in [0.15, 0.2) is 0 Å². The molecule has 86 valence electrons. The summed E-state index contributed by atoms with van der Waals surface area (Å²) in [6, 6.07) is 0.572. The third kappa shape index (κ3) is 2.40. The maximum atomic E-state index is 11.4. The Balaban J connectivity index is 1.90. The van der Waals surface area contributed by atoms with Crippen LogP contribution < -0.4 is 0 Å². The highest BCUT2D eigenvalue weighted by Gasteiger charge is 2.31. The second kappa shape index (κ2) is 4.62. The number of carbonyl (C=O) groups excluding carboxylic acids is 1. The third-order valence-electron chi connectivity index (χ3n) is 3.93. The van der Waals surface area contributed by atoms with Crippen LogP contribution in [0.4, 0.5) is 0 Å². The molecule has 2 saturated heterocycles. The molecule has 0 N–H and O–H groups in total. The molecule has 2 aliphatic heterocycles. The maximum absolute atomic E-state index is 11.4. The van der Waals surface area contributed by atoms with Gasteiger partial charge in [0.1, 0.15) is 5.78 Å².